The summed E-state index contributed by atoms with van der Waals surface area (Å²) in [6.45, 7) is 1.76. The number of rotatable bonds is 7. The second kappa shape index (κ2) is 9.14. The van der Waals surface area contributed by atoms with Crippen LogP contribution >= 0.6 is 0 Å². The van der Waals surface area contributed by atoms with Gasteiger partial charge in [-0.1, -0.05) is 36.4 Å². The van der Waals surface area contributed by atoms with Crippen molar-refractivity contribution in [1.82, 2.24) is 5.32 Å². The first kappa shape index (κ1) is 20.8. The highest BCUT2D eigenvalue weighted by molar-refractivity contribution is 6.12. The molecule has 0 bridgehead atoms. The number of Topliss-reactive ketones (excluding diaryl/α,β-unsaturated/α-hetero) is 1. The minimum absolute atomic E-state index is 0.0876. The molecule has 0 radical (unpaired) electrons. The van der Waals surface area contributed by atoms with Crippen LogP contribution < -0.4 is 15.5 Å². The van der Waals surface area contributed by atoms with Crippen molar-refractivity contribution in [3.63, 3.8) is 0 Å². The van der Waals surface area contributed by atoms with Crippen molar-refractivity contribution in [2.24, 2.45) is 0 Å². The Kier molecular flexibility index (Phi) is 6.14. The number of anilines is 2. The molecule has 0 aromatic heterocycles. The third-order valence-electron chi connectivity index (χ3n) is 5.79. The maximum Gasteiger partial charge on any atom is 0.255 e. The fourth-order valence-electron chi connectivity index (χ4n) is 4.05. The predicted molar refractivity (Wildman–Crippen MR) is 126 cm³/mol. The highest BCUT2D eigenvalue weighted by Gasteiger charge is 2.27. The molecule has 0 heterocycles. The van der Waals surface area contributed by atoms with Crippen molar-refractivity contribution in [2.45, 2.75) is 12.8 Å². The van der Waals surface area contributed by atoms with Crippen molar-refractivity contribution in [2.75, 3.05) is 37.4 Å². The van der Waals surface area contributed by atoms with Crippen LogP contribution in [0.4, 0.5) is 11.4 Å². The van der Waals surface area contributed by atoms with E-state index in [0.717, 1.165) is 35.5 Å². The summed E-state index contributed by atoms with van der Waals surface area (Å²) in [6.07, 6.45) is 1.19. The Labute approximate surface area is 183 Å². The Balaban J connectivity index is 1.56. The van der Waals surface area contributed by atoms with E-state index in [9.17, 15) is 9.59 Å². The number of nitrogens with one attached hydrogen (secondary N) is 2. The standard InChI is InChI=1S/C26H27N3O2/c1-27-16-17-29(2)20-10-8-19(9-11-20)26(31)28-23-14-12-21(18-6-4-3-5-7-18)22-13-15-24(30)25(22)23/h3-12,14,27H,13,15-17H2,1-2H3,(H,28,31). The second-order valence-electron chi connectivity index (χ2n) is 7.83. The van der Waals surface area contributed by atoms with E-state index in [-0.39, 0.29) is 11.7 Å². The molecule has 0 fully saturated rings. The van der Waals surface area contributed by atoms with Gasteiger partial charge in [0.05, 0.1) is 5.69 Å². The molecular formula is C26H27N3O2. The van der Waals surface area contributed by atoms with E-state index in [1.807, 2.05) is 80.8 Å². The lowest BCUT2D eigenvalue weighted by Gasteiger charge is -2.19. The minimum Gasteiger partial charge on any atom is -0.373 e. The third kappa shape index (κ3) is 4.37. The predicted octanol–water partition coefficient (Wildman–Crippen LogP) is 4.39. The molecule has 1 amide bonds. The van der Waals surface area contributed by atoms with Gasteiger partial charge in [0.2, 0.25) is 0 Å². The summed E-state index contributed by atoms with van der Waals surface area (Å²) in [6, 6.07) is 21.4. The summed E-state index contributed by atoms with van der Waals surface area (Å²) in [5.74, 6) is -0.122. The molecule has 5 nitrogen and oxygen atoms in total. The Morgan fingerprint density at radius 2 is 1.71 bits per heavy atom. The largest absolute Gasteiger partial charge is 0.373 e. The van der Waals surface area contributed by atoms with Crippen LogP contribution in [0, 0.1) is 0 Å². The van der Waals surface area contributed by atoms with E-state index in [2.05, 4.69) is 15.5 Å². The van der Waals surface area contributed by atoms with Crippen molar-refractivity contribution in [3.8, 4) is 11.1 Å². The molecule has 0 saturated carbocycles. The lowest BCUT2D eigenvalue weighted by atomic mass is 9.95. The SMILES string of the molecule is CNCCN(C)c1ccc(C(=O)Nc2ccc(-c3ccccc3)c3c2C(=O)CC3)cc1. The number of fused-ring (bicyclic) bond motifs is 1. The summed E-state index contributed by atoms with van der Waals surface area (Å²) < 4.78 is 0. The van der Waals surface area contributed by atoms with Crippen molar-refractivity contribution in [1.29, 1.82) is 0 Å². The number of carbonyl (C=O) groups is 2. The minimum atomic E-state index is -0.209. The Bertz CT molecular complexity index is 1090. The molecule has 0 saturated heterocycles. The van der Waals surface area contributed by atoms with Crippen molar-refractivity contribution >= 4 is 23.1 Å². The zero-order valence-corrected chi connectivity index (χ0v) is 17.9. The molecule has 2 N–H and O–H groups in total. The van der Waals surface area contributed by atoms with Gasteiger partial charge in [0.15, 0.2) is 5.78 Å². The summed E-state index contributed by atoms with van der Waals surface area (Å²) in [5, 5.41) is 6.10. The average Bonchev–Trinajstić information content (AvgIpc) is 3.20. The van der Waals surface area contributed by atoms with Crippen LogP contribution in [0.15, 0.2) is 66.7 Å². The number of nitrogens with zero attached hydrogens (tertiary/aromatic N) is 1. The van der Waals surface area contributed by atoms with Gasteiger partial charge in [0.25, 0.3) is 5.91 Å². The number of hydrogen-bond donors (Lipinski definition) is 2. The zero-order valence-electron chi connectivity index (χ0n) is 17.9. The number of hydrogen-bond acceptors (Lipinski definition) is 4. The Hall–Kier alpha value is -3.44. The molecule has 3 aromatic rings. The van der Waals surface area contributed by atoms with Gasteiger partial charge >= 0.3 is 0 Å². The van der Waals surface area contributed by atoms with Gasteiger partial charge < -0.3 is 15.5 Å². The molecule has 5 heteroatoms. The van der Waals surface area contributed by atoms with Crippen molar-refractivity contribution in [3.05, 3.63) is 83.4 Å². The quantitative estimate of drug-likeness (QED) is 0.603. The lowest BCUT2D eigenvalue weighted by molar-refractivity contribution is 0.0995. The van der Waals surface area contributed by atoms with Gasteiger partial charge in [-0.3, -0.25) is 9.59 Å². The summed E-state index contributed by atoms with van der Waals surface area (Å²) in [4.78, 5) is 27.6. The summed E-state index contributed by atoms with van der Waals surface area (Å²) in [7, 11) is 3.95. The number of benzene rings is 3. The van der Waals surface area contributed by atoms with Crippen LogP contribution in [0.2, 0.25) is 0 Å². The van der Waals surface area contributed by atoms with E-state index >= 15 is 0 Å². The lowest BCUT2D eigenvalue weighted by Crippen LogP contribution is -2.27. The normalized spacial score (nSPS) is 12.5. The fraction of sp³-hybridized carbons (Fsp3) is 0.231. The number of amides is 1. The Morgan fingerprint density at radius 1 is 0.968 bits per heavy atom. The van der Waals surface area contributed by atoms with Gasteiger partial charge in [-0.15, -0.1) is 0 Å². The van der Waals surface area contributed by atoms with Crippen LogP contribution in [0.1, 0.15) is 32.7 Å². The van der Waals surface area contributed by atoms with Gasteiger partial charge in [-0.25, -0.2) is 0 Å². The maximum absolute atomic E-state index is 12.9. The van der Waals surface area contributed by atoms with Gasteiger partial charge in [0, 0.05) is 43.4 Å². The summed E-state index contributed by atoms with van der Waals surface area (Å²) in [5.41, 5.74) is 6.04. The second-order valence-corrected chi connectivity index (χ2v) is 7.83. The first-order valence-corrected chi connectivity index (χ1v) is 10.6. The molecule has 0 spiro atoms. The zero-order chi connectivity index (χ0) is 21.8. The fourth-order valence-corrected chi connectivity index (χ4v) is 4.05. The van der Waals surface area contributed by atoms with E-state index < -0.39 is 0 Å². The summed E-state index contributed by atoms with van der Waals surface area (Å²) >= 11 is 0. The van der Waals surface area contributed by atoms with Crippen LogP contribution in [0.3, 0.4) is 0 Å². The molecule has 0 unspecified atom stereocenters. The number of carbonyl (C=O) groups excluding carboxylic acids is 2. The molecule has 1 aliphatic carbocycles. The molecule has 1 aliphatic rings. The van der Waals surface area contributed by atoms with E-state index in [1.165, 1.54) is 0 Å². The van der Waals surface area contributed by atoms with Gasteiger partial charge in [-0.05, 0) is 60.5 Å². The van der Waals surface area contributed by atoms with E-state index in [0.29, 0.717) is 29.7 Å². The monoisotopic (exact) mass is 413 g/mol. The molecule has 4 rings (SSSR count). The number of ketones is 1. The molecule has 0 aliphatic heterocycles. The van der Waals surface area contributed by atoms with Gasteiger partial charge in [0.1, 0.15) is 0 Å². The topological polar surface area (TPSA) is 61.4 Å². The average molecular weight is 414 g/mol. The molecular weight excluding hydrogens is 386 g/mol. The molecule has 31 heavy (non-hydrogen) atoms. The van der Waals surface area contributed by atoms with Crippen LogP contribution in [-0.2, 0) is 6.42 Å². The first-order valence-electron chi connectivity index (χ1n) is 10.6. The van der Waals surface area contributed by atoms with Crippen LogP contribution in [-0.4, -0.2) is 38.9 Å². The third-order valence-corrected chi connectivity index (χ3v) is 5.79. The molecule has 3 aromatic carbocycles. The highest BCUT2D eigenvalue weighted by atomic mass is 16.1. The molecule has 158 valence electrons. The smallest absolute Gasteiger partial charge is 0.255 e. The van der Waals surface area contributed by atoms with Gasteiger partial charge in [-0.2, -0.15) is 0 Å². The maximum atomic E-state index is 12.9. The van der Waals surface area contributed by atoms with E-state index in [4.69, 9.17) is 0 Å². The van der Waals surface area contributed by atoms with Crippen molar-refractivity contribution < 1.29 is 9.59 Å². The molecule has 0 atom stereocenters. The Morgan fingerprint density at radius 3 is 2.42 bits per heavy atom. The highest BCUT2D eigenvalue weighted by Crippen LogP contribution is 2.37. The van der Waals surface area contributed by atoms with Crippen LogP contribution in [0.5, 0.6) is 0 Å². The van der Waals surface area contributed by atoms with E-state index in [1.54, 1.807) is 0 Å². The van der Waals surface area contributed by atoms with Crippen LogP contribution in [0.25, 0.3) is 11.1 Å². The first-order chi connectivity index (χ1) is 15.1. The number of likely N-dealkylation sites (N-methyl/N-ethyl adjacent to an activating group) is 2.